The monoisotopic (exact) mass is 690 g/mol. The largest absolute Gasteiger partial charge is 0.310 e. The molecule has 12 rings (SSSR count). The predicted molar refractivity (Wildman–Crippen MR) is 228 cm³/mol. The topological polar surface area (TPSA) is 8.17 Å². The standard InChI is InChI=1S/C50H30N2S/c1-2-14-33(15-3-1)52-43-20-8-6-17-38(43)39-27-25-35(30-45(39)52)51(44-21-11-23-47-50(44)41-18-7-9-22-46(41)53-47)34-24-26-37-40-19-10-13-32-28-31-12-4-5-16-36(31)49(48(32)40)42(37)29-34/h1-30H. The van der Waals surface area contributed by atoms with Gasteiger partial charge in [0.2, 0.25) is 0 Å². The van der Waals surface area contributed by atoms with Gasteiger partial charge in [-0.05, 0) is 111 Å². The Morgan fingerprint density at radius 3 is 2.02 bits per heavy atom. The summed E-state index contributed by atoms with van der Waals surface area (Å²) in [7, 11) is 0. The third-order valence-electron chi connectivity index (χ3n) is 11.3. The quantitative estimate of drug-likeness (QED) is 0.167. The maximum Gasteiger partial charge on any atom is 0.0561 e. The number of rotatable bonds is 4. The molecule has 0 saturated heterocycles. The van der Waals surface area contributed by atoms with E-state index in [9.17, 15) is 0 Å². The molecule has 2 aromatic heterocycles. The lowest BCUT2D eigenvalue weighted by Crippen LogP contribution is -2.10. The second-order valence-corrected chi connectivity index (χ2v) is 15.2. The van der Waals surface area contributed by atoms with Crippen LogP contribution in [0.3, 0.4) is 0 Å². The van der Waals surface area contributed by atoms with E-state index >= 15 is 0 Å². The Labute approximate surface area is 310 Å². The number of hydrogen-bond acceptors (Lipinski definition) is 2. The minimum Gasteiger partial charge on any atom is -0.310 e. The summed E-state index contributed by atoms with van der Waals surface area (Å²) in [5, 5.41) is 10.3. The first-order valence-corrected chi connectivity index (χ1v) is 19.0. The lowest BCUT2D eigenvalue weighted by Gasteiger charge is -2.27. The van der Waals surface area contributed by atoms with E-state index in [1.807, 2.05) is 11.3 Å². The van der Waals surface area contributed by atoms with Gasteiger partial charge in [0.25, 0.3) is 0 Å². The van der Waals surface area contributed by atoms with Crippen molar-refractivity contribution in [3.05, 3.63) is 182 Å². The summed E-state index contributed by atoms with van der Waals surface area (Å²) in [6.45, 7) is 0. The molecule has 1 aliphatic carbocycles. The molecule has 3 heteroatoms. The van der Waals surface area contributed by atoms with Crippen LogP contribution in [0.5, 0.6) is 0 Å². The SMILES string of the molecule is c1ccc(-n2c3ccccc3c3ccc(N(c4ccc5c(c4)-c4c6ccccc6cc6cccc-5c46)c4cccc5sc6ccccc6c45)cc32)cc1. The molecule has 0 N–H and O–H groups in total. The number of aromatic nitrogens is 1. The minimum absolute atomic E-state index is 1.12. The van der Waals surface area contributed by atoms with Crippen molar-refractivity contribution in [2.24, 2.45) is 0 Å². The molecule has 0 amide bonds. The van der Waals surface area contributed by atoms with Crippen molar-refractivity contribution in [2.75, 3.05) is 4.90 Å². The zero-order chi connectivity index (χ0) is 34.6. The van der Waals surface area contributed by atoms with E-state index in [0.29, 0.717) is 0 Å². The second-order valence-electron chi connectivity index (χ2n) is 14.1. The van der Waals surface area contributed by atoms with Crippen LogP contribution >= 0.6 is 11.3 Å². The summed E-state index contributed by atoms with van der Waals surface area (Å²) in [5.41, 5.74) is 12.2. The Bertz CT molecular complexity index is 3290. The van der Waals surface area contributed by atoms with E-state index in [0.717, 1.165) is 17.1 Å². The zero-order valence-corrected chi connectivity index (χ0v) is 29.4. The highest BCUT2D eigenvalue weighted by molar-refractivity contribution is 7.26. The fourth-order valence-electron chi connectivity index (χ4n) is 9.06. The van der Waals surface area contributed by atoms with Crippen molar-refractivity contribution in [3.8, 4) is 27.9 Å². The van der Waals surface area contributed by atoms with Crippen LogP contribution in [0.1, 0.15) is 0 Å². The van der Waals surface area contributed by atoms with Crippen LogP contribution in [0.15, 0.2) is 182 Å². The zero-order valence-electron chi connectivity index (χ0n) is 28.6. The van der Waals surface area contributed by atoms with Gasteiger partial charge in [-0.25, -0.2) is 0 Å². The summed E-state index contributed by atoms with van der Waals surface area (Å²) in [4.78, 5) is 2.50. The van der Waals surface area contributed by atoms with E-state index in [4.69, 9.17) is 0 Å². The number of benzene rings is 9. The maximum absolute atomic E-state index is 2.50. The fourth-order valence-corrected chi connectivity index (χ4v) is 10.2. The van der Waals surface area contributed by atoms with Crippen molar-refractivity contribution in [1.82, 2.24) is 4.57 Å². The molecule has 0 saturated carbocycles. The van der Waals surface area contributed by atoms with Gasteiger partial charge in [-0.1, -0.05) is 115 Å². The van der Waals surface area contributed by atoms with E-state index in [2.05, 4.69) is 191 Å². The van der Waals surface area contributed by atoms with Crippen molar-refractivity contribution in [3.63, 3.8) is 0 Å². The summed E-state index contributed by atoms with van der Waals surface area (Å²) in [6.07, 6.45) is 0. The molecule has 2 heterocycles. The highest BCUT2D eigenvalue weighted by atomic mass is 32.1. The Morgan fingerprint density at radius 1 is 0.396 bits per heavy atom. The molecule has 0 unspecified atom stereocenters. The van der Waals surface area contributed by atoms with Gasteiger partial charge in [-0.15, -0.1) is 11.3 Å². The number of fused-ring (bicyclic) bond motifs is 11. The van der Waals surface area contributed by atoms with Gasteiger partial charge in [-0.2, -0.15) is 0 Å². The summed E-state index contributed by atoms with van der Waals surface area (Å²) >= 11 is 1.87. The Kier molecular flexibility index (Phi) is 5.96. The fraction of sp³-hybridized carbons (Fsp3) is 0. The number of thiophene rings is 1. The molecule has 9 aromatic carbocycles. The second kappa shape index (κ2) is 10.9. The number of nitrogens with zero attached hydrogens (tertiary/aromatic N) is 2. The van der Waals surface area contributed by atoms with Crippen LogP contribution in [0.2, 0.25) is 0 Å². The van der Waals surface area contributed by atoms with E-state index in [1.165, 1.54) is 91.5 Å². The molecule has 0 spiro atoms. The van der Waals surface area contributed by atoms with Crippen molar-refractivity contribution < 1.29 is 0 Å². The van der Waals surface area contributed by atoms with Crippen LogP contribution in [-0.2, 0) is 0 Å². The predicted octanol–water partition coefficient (Wildman–Crippen LogP) is 14.6. The molecule has 0 aliphatic heterocycles. The average molecular weight is 691 g/mol. The van der Waals surface area contributed by atoms with Gasteiger partial charge < -0.3 is 9.47 Å². The molecule has 0 fully saturated rings. The first kappa shape index (κ1) is 29.0. The van der Waals surface area contributed by atoms with Gasteiger partial charge in [0.1, 0.15) is 0 Å². The third kappa shape index (κ3) is 4.08. The van der Waals surface area contributed by atoms with Crippen LogP contribution in [0.4, 0.5) is 17.1 Å². The normalized spacial score (nSPS) is 12.2. The van der Waals surface area contributed by atoms with E-state index < -0.39 is 0 Å². The molecule has 11 aromatic rings. The van der Waals surface area contributed by atoms with Gasteiger partial charge in [0, 0.05) is 48.0 Å². The Morgan fingerprint density at radius 2 is 1.09 bits per heavy atom. The van der Waals surface area contributed by atoms with E-state index in [1.54, 1.807) is 0 Å². The summed E-state index contributed by atoms with van der Waals surface area (Å²) < 4.78 is 5.01. The van der Waals surface area contributed by atoms with Gasteiger partial charge in [-0.3, -0.25) is 0 Å². The molecule has 53 heavy (non-hydrogen) atoms. The van der Waals surface area contributed by atoms with Gasteiger partial charge in [0.05, 0.1) is 16.7 Å². The van der Waals surface area contributed by atoms with Crippen molar-refractivity contribution >= 4 is 91.9 Å². The third-order valence-corrected chi connectivity index (χ3v) is 12.4. The molecule has 246 valence electrons. The first-order chi connectivity index (χ1) is 26.3. The van der Waals surface area contributed by atoms with Crippen LogP contribution in [0, 0.1) is 0 Å². The Balaban J connectivity index is 1.17. The highest BCUT2D eigenvalue weighted by Gasteiger charge is 2.27. The molecule has 1 aliphatic rings. The lowest BCUT2D eigenvalue weighted by atomic mass is 9.95. The van der Waals surface area contributed by atoms with E-state index in [-0.39, 0.29) is 0 Å². The number of para-hydroxylation sites is 2. The number of hydrogen-bond donors (Lipinski definition) is 0. The average Bonchev–Trinajstić information content (AvgIpc) is 3.87. The van der Waals surface area contributed by atoms with Gasteiger partial charge in [0.15, 0.2) is 0 Å². The maximum atomic E-state index is 2.50. The first-order valence-electron chi connectivity index (χ1n) is 18.2. The summed E-state index contributed by atoms with van der Waals surface area (Å²) in [6, 6.07) is 67.3. The lowest BCUT2D eigenvalue weighted by molar-refractivity contribution is 1.18. The minimum atomic E-state index is 1.12. The molecule has 2 nitrogen and oxygen atoms in total. The molecule has 0 atom stereocenters. The molecule has 0 radical (unpaired) electrons. The van der Waals surface area contributed by atoms with Gasteiger partial charge >= 0.3 is 0 Å². The molecule has 0 bridgehead atoms. The smallest absolute Gasteiger partial charge is 0.0561 e. The Hall–Kier alpha value is -6.68. The summed E-state index contributed by atoms with van der Waals surface area (Å²) in [5.74, 6) is 0. The number of anilines is 3. The van der Waals surface area contributed by atoms with Crippen molar-refractivity contribution in [1.29, 1.82) is 0 Å². The van der Waals surface area contributed by atoms with Crippen LogP contribution in [-0.4, -0.2) is 4.57 Å². The van der Waals surface area contributed by atoms with Crippen LogP contribution in [0.25, 0.3) is 91.5 Å². The molecular formula is C50H30N2S. The van der Waals surface area contributed by atoms with Crippen molar-refractivity contribution in [2.45, 2.75) is 0 Å². The highest BCUT2D eigenvalue weighted by Crippen LogP contribution is 2.53. The van der Waals surface area contributed by atoms with Crippen LogP contribution < -0.4 is 4.90 Å². The molecular weight excluding hydrogens is 661 g/mol.